The molecule has 0 atom stereocenters. The van der Waals surface area contributed by atoms with Gasteiger partial charge in [0, 0.05) is 36.2 Å². The molecule has 33 heavy (non-hydrogen) atoms. The van der Waals surface area contributed by atoms with E-state index in [1.54, 1.807) is 16.7 Å². The molecule has 5 rings (SSSR count). The van der Waals surface area contributed by atoms with Gasteiger partial charge in [-0.1, -0.05) is 18.2 Å². The number of thiophene rings is 1. The first-order valence-electron chi connectivity index (χ1n) is 10.2. The van der Waals surface area contributed by atoms with Crippen LogP contribution in [0.1, 0.15) is 10.5 Å². The van der Waals surface area contributed by atoms with Crippen LogP contribution in [0.25, 0.3) is 20.8 Å². The van der Waals surface area contributed by atoms with Gasteiger partial charge in [-0.3, -0.25) is 4.79 Å². The maximum absolute atomic E-state index is 12.6. The SMILES string of the molecule is CN(C)c1nc(Nc2ccc(NC(=O)c3csc(-c4cccs4)n3)cc2)nc2ccccc12. The van der Waals surface area contributed by atoms with Crippen molar-refractivity contribution in [3.63, 3.8) is 0 Å². The van der Waals surface area contributed by atoms with Gasteiger partial charge < -0.3 is 15.5 Å². The maximum Gasteiger partial charge on any atom is 0.275 e. The fourth-order valence-corrected chi connectivity index (χ4v) is 4.92. The molecule has 0 aliphatic heterocycles. The summed E-state index contributed by atoms with van der Waals surface area (Å²) in [7, 11) is 3.92. The quantitative estimate of drug-likeness (QED) is 0.321. The van der Waals surface area contributed by atoms with E-state index in [0.717, 1.165) is 32.3 Å². The lowest BCUT2D eigenvalue weighted by Crippen LogP contribution is -2.13. The number of rotatable bonds is 6. The molecule has 3 heterocycles. The number of fused-ring (bicyclic) bond motifs is 1. The lowest BCUT2D eigenvalue weighted by Gasteiger charge is -2.16. The number of para-hydroxylation sites is 1. The molecule has 0 saturated heterocycles. The first-order valence-corrected chi connectivity index (χ1v) is 11.9. The smallest absolute Gasteiger partial charge is 0.275 e. The second-order valence-electron chi connectivity index (χ2n) is 7.45. The minimum Gasteiger partial charge on any atom is -0.362 e. The van der Waals surface area contributed by atoms with Crippen LogP contribution in [0.15, 0.2) is 71.4 Å². The molecule has 0 saturated carbocycles. The molecule has 0 bridgehead atoms. The van der Waals surface area contributed by atoms with Gasteiger partial charge in [0.05, 0.1) is 10.4 Å². The van der Waals surface area contributed by atoms with Gasteiger partial charge in [0.15, 0.2) is 0 Å². The van der Waals surface area contributed by atoms with Crippen molar-refractivity contribution >= 4 is 62.6 Å². The average Bonchev–Trinajstić information content (AvgIpc) is 3.52. The summed E-state index contributed by atoms with van der Waals surface area (Å²) in [5.41, 5.74) is 2.78. The number of nitrogens with zero attached hydrogens (tertiary/aromatic N) is 4. The molecule has 2 aromatic carbocycles. The highest BCUT2D eigenvalue weighted by atomic mass is 32.1. The number of nitrogens with one attached hydrogen (secondary N) is 2. The van der Waals surface area contributed by atoms with Crippen LogP contribution in [0.2, 0.25) is 0 Å². The van der Waals surface area contributed by atoms with E-state index in [1.807, 2.05) is 85.0 Å². The summed E-state index contributed by atoms with van der Waals surface area (Å²) < 4.78 is 0. The Morgan fingerprint density at radius 2 is 1.67 bits per heavy atom. The van der Waals surface area contributed by atoms with Gasteiger partial charge in [-0.05, 0) is 47.8 Å². The average molecular weight is 473 g/mol. The summed E-state index contributed by atoms with van der Waals surface area (Å²) in [6.45, 7) is 0. The number of amides is 1. The Labute approximate surface area is 198 Å². The minimum absolute atomic E-state index is 0.233. The molecule has 0 spiro atoms. The Morgan fingerprint density at radius 1 is 0.879 bits per heavy atom. The molecule has 5 aromatic rings. The highest BCUT2D eigenvalue weighted by Crippen LogP contribution is 2.28. The number of thiazole rings is 1. The van der Waals surface area contributed by atoms with E-state index < -0.39 is 0 Å². The molecule has 3 aromatic heterocycles. The van der Waals surface area contributed by atoms with Crippen molar-refractivity contribution in [3.05, 3.63) is 77.1 Å². The molecule has 9 heteroatoms. The van der Waals surface area contributed by atoms with E-state index >= 15 is 0 Å². The molecular formula is C24H20N6OS2. The molecule has 164 valence electrons. The van der Waals surface area contributed by atoms with Crippen molar-refractivity contribution in [2.45, 2.75) is 0 Å². The van der Waals surface area contributed by atoms with Crippen molar-refractivity contribution in [1.29, 1.82) is 0 Å². The van der Waals surface area contributed by atoms with Crippen LogP contribution in [-0.2, 0) is 0 Å². The molecule has 0 aliphatic carbocycles. The van der Waals surface area contributed by atoms with E-state index in [0.29, 0.717) is 17.3 Å². The predicted octanol–water partition coefficient (Wildman–Crippen LogP) is 5.88. The van der Waals surface area contributed by atoms with Crippen LogP contribution in [0.5, 0.6) is 0 Å². The molecule has 2 N–H and O–H groups in total. The first-order chi connectivity index (χ1) is 16.1. The second-order valence-corrected chi connectivity index (χ2v) is 9.26. The zero-order valence-electron chi connectivity index (χ0n) is 17.9. The fourth-order valence-electron chi connectivity index (χ4n) is 3.31. The number of hydrogen-bond acceptors (Lipinski definition) is 8. The maximum atomic E-state index is 12.6. The van der Waals surface area contributed by atoms with Gasteiger partial charge in [-0.2, -0.15) is 4.98 Å². The third-order valence-electron chi connectivity index (χ3n) is 4.87. The van der Waals surface area contributed by atoms with Crippen molar-refractivity contribution in [1.82, 2.24) is 15.0 Å². The lowest BCUT2D eigenvalue weighted by atomic mass is 10.2. The predicted molar refractivity (Wildman–Crippen MR) is 137 cm³/mol. The summed E-state index contributed by atoms with van der Waals surface area (Å²) >= 11 is 3.07. The molecule has 0 aliphatic rings. The van der Waals surface area contributed by atoms with Crippen LogP contribution in [0.4, 0.5) is 23.1 Å². The third-order valence-corrected chi connectivity index (χ3v) is 6.76. The first kappa shape index (κ1) is 21.0. The van der Waals surface area contributed by atoms with Crippen LogP contribution in [0, 0.1) is 0 Å². The Bertz CT molecular complexity index is 1410. The number of anilines is 4. The molecule has 0 fully saturated rings. The Morgan fingerprint density at radius 3 is 2.42 bits per heavy atom. The lowest BCUT2D eigenvalue weighted by molar-refractivity contribution is 0.102. The highest BCUT2D eigenvalue weighted by molar-refractivity contribution is 7.20. The van der Waals surface area contributed by atoms with Crippen LogP contribution in [0.3, 0.4) is 0 Å². The van der Waals surface area contributed by atoms with Crippen molar-refractivity contribution in [2.75, 3.05) is 29.6 Å². The van der Waals surface area contributed by atoms with Gasteiger partial charge in [0.2, 0.25) is 5.95 Å². The Hall–Kier alpha value is -3.82. The number of benzene rings is 2. The van der Waals surface area contributed by atoms with Gasteiger partial charge in [-0.25, -0.2) is 9.97 Å². The summed E-state index contributed by atoms with van der Waals surface area (Å²) in [4.78, 5) is 29.4. The largest absolute Gasteiger partial charge is 0.362 e. The summed E-state index contributed by atoms with van der Waals surface area (Å²) in [6, 6.07) is 19.3. The monoisotopic (exact) mass is 472 g/mol. The van der Waals surface area contributed by atoms with E-state index in [1.165, 1.54) is 11.3 Å². The van der Waals surface area contributed by atoms with Gasteiger partial charge in [-0.15, -0.1) is 22.7 Å². The molecule has 0 radical (unpaired) electrons. The van der Waals surface area contributed by atoms with Crippen LogP contribution in [-0.4, -0.2) is 35.0 Å². The second kappa shape index (κ2) is 8.97. The van der Waals surface area contributed by atoms with Crippen LogP contribution < -0.4 is 15.5 Å². The fraction of sp³-hybridized carbons (Fsp3) is 0.0833. The molecule has 7 nitrogen and oxygen atoms in total. The minimum atomic E-state index is -0.233. The van der Waals surface area contributed by atoms with Crippen molar-refractivity contribution < 1.29 is 4.79 Å². The Kier molecular flexibility index (Phi) is 5.72. The van der Waals surface area contributed by atoms with Crippen molar-refractivity contribution in [3.8, 4) is 9.88 Å². The standard InChI is InChI=1S/C24H20N6OS2/c1-30(2)21-17-6-3-4-7-18(17)28-24(29-21)26-16-11-9-15(10-12-16)25-22(31)19-14-33-23(27-19)20-8-5-13-32-20/h3-14H,1-2H3,(H,25,31)(H,26,28,29). The summed E-state index contributed by atoms with van der Waals surface area (Å²) in [5.74, 6) is 1.12. The van der Waals surface area contributed by atoms with Crippen LogP contribution >= 0.6 is 22.7 Å². The van der Waals surface area contributed by atoms with E-state index in [-0.39, 0.29) is 5.91 Å². The highest BCUT2D eigenvalue weighted by Gasteiger charge is 2.13. The van der Waals surface area contributed by atoms with Gasteiger partial charge >= 0.3 is 0 Å². The number of carbonyl (C=O) groups is 1. The topological polar surface area (TPSA) is 83.0 Å². The van der Waals surface area contributed by atoms with E-state index in [4.69, 9.17) is 0 Å². The van der Waals surface area contributed by atoms with Gasteiger partial charge in [0.25, 0.3) is 5.91 Å². The molecule has 0 unspecified atom stereocenters. The summed E-state index contributed by atoms with van der Waals surface area (Å²) in [5, 5.41) is 11.8. The van der Waals surface area contributed by atoms with E-state index in [2.05, 4.69) is 25.6 Å². The summed E-state index contributed by atoms with van der Waals surface area (Å²) in [6.07, 6.45) is 0. The Balaban J connectivity index is 1.30. The number of carbonyl (C=O) groups excluding carboxylic acids is 1. The zero-order valence-corrected chi connectivity index (χ0v) is 19.6. The number of hydrogen-bond donors (Lipinski definition) is 2. The molecule has 1 amide bonds. The third kappa shape index (κ3) is 4.55. The normalized spacial score (nSPS) is 10.8. The molecular weight excluding hydrogens is 452 g/mol. The van der Waals surface area contributed by atoms with Crippen molar-refractivity contribution in [2.24, 2.45) is 0 Å². The number of aromatic nitrogens is 3. The zero-order chi connectivity index (χ0) is 22.8. The van der Waals surface area contributed by atoms with E-state index in [9.17, 15) is 4.79 Å². The van der Waals surface area contributed by atoms with Gasteiger partial charge in [0.1, 0.15) is 16.5 Å².